The highest BCUT2D eigenvalue weighted by molar-refractivity contribution is 5.88. The third kappa shape index (κ3) is 3.88. The SMILES string of the molecule is CC(CN)=NOC(=O)Nc1c(C)cccc1C. The summed E-state index contributed by atoms with van der Waals surface area (Å²) in [5, 5.41) is 6.23. The van der Waals surface area contributed by atoms with Crippen LogP contribution in [0.4, 0.5) is 10.5 Å². The van der Waals surface area contributed by atoms with Gasteiger partial charge in [0.2, 0.25) is 0 Å². The number of carbonyl (C=O) groups excluding carboxylic acids is 1. The summed E-state index contributed by atoms with van der Waals surface area (Å²) in [4.78, 5) is 16.1. The Bertz CT molecular complexity index is 421. The van der Waals surface area contributed by atoms with Crippen molar-refractivity contribution >= 4 is 17.5 Å². The highest BCUT2D eigenvalue weighted by Crippen LogP contribution is 2.19. The standard InChI is InChI=1S/C12H17N3O2/c1-8-5-4-6-9(2)11(8)14-12(16)17-15-10(3)7-13/h4-6H,7,13H2,1-3H3,(H,14,16). The number of anilines is 1. The highest BCUT2D eigenvalue weighted by Gasteiger charge is 2.07. The molecule has 0 aromatic heterocycles. The molecule has 0 aliphatic carbocycles. The van der Waals surface area contributed by atoms with E-state index < -0.39 is 6.09 Å². The van der Waals surface area contributed by atoms with Crippen molar-refractivity contribution in [1.82, 2.24) is 0 Å². The summed E-state index contributed by atoms with van der Waals surface area (Å²) >= 11 is 0. The molecule has 0 unspecified atom stereocenters. The van der Waals surface area contributed by atoms with Crippen molar-refractivity contribution in [3.8, 4) is 0 Å². The predicted octanol–water partition coefficient (Wildman–Crippen LogP) is 2.19. The zero-order valence-electron chi connectivity index (χ0n) is 10.3. The van der Waals surface area contributed by atoms with E-state index in [2.05, 4.69) is 15.3 Å². The van der Waals surface area contributed by atoms with Crippen LogP contribution >= 0.6 is 0 Å². The minimum absolute atomic E-state index is 0.261. The summed E-state index contributed by atoms with van der Waals surface area (Å²) in [6.45, 7) is 5.77. The lowest BCUT2D eigenvalue weighted by atomic mass is 10.1. The summed E-state index contributed by atoms with van der Waals surface area (Å²) in [5.74, 6) is 0. The van der Waals surface area contributed by atoms with Gasteiger partial charge in [0.25, 0.3) is 0 Å². The molecule has 0 fully saturated rings. The van der Waals surface area contributed by atoms with Gasteiger partial charge in [0, 0.05) is 12.2 Å². The fourth-order valence-corrected chi connectivity index (χ4v) is 1.29. The third-order valence-electron chi connectivity index (χ3n) is 2.29. The monoisotopic (exact) mass is 235 g/mol. The van der Waals surface area contributed by atoms with Crippen LogP contribution in [-0.4, -0.2) is 18.3 Å². The number of aryl methyl sites for hydroxylation is 2. The number of nitrogens with zero attached hydrogens (tertiary/aromatic N) is 1. The van der Waals surface area contributed by atoms with E-state index in [1.54, 1.807) is 6.92 Å². The van der Waals surface area contributed by atoms with E-state index in [-0.39, 0.29) is 6.54 Å². The van der Waals surface area contributed by atoms with E-state index in [9.17, 15) is 4.79 Å². The maximum absolute atomic E-state index is 11.5. The van der Waals surface area contributed by atoms with E-state index in [4.69, 9.17) is 5.73 Å². The Morgan fingerprint density at radius 2 is 2.00 bits per heavy atom. The molecule has 0 saturated carbocycles. The Kier molecular flexibility index (Phi) is 4.66. The molecular weight excluding hydrogens is 218 g/mol. The first-order chi connectivity index (χ1) is 8.04. The molecule has 0 heterocycles. The number of hydrogen-bond acceptors (Lipinski definition) is 4. The van der Waals surface area contributed by atoms with Gasteiger partial charge in [-0.1, -0.05) is 23.4 Å². The van der Waals surface area contributed by atoms with E-state index in [0.717, 1.165) is 16.8 Å². The first-order valence-electron chi connectivity index (χ1n) is 5.32. The number of para-hydroxylation sites is 1. The van der Waals surface area contributed by atoms with Crippen LogP contribution in [0.3, 0.4) is 0 Å². The molecule has 1 rings (SSSR count). The van der Waals surface area contributed by atoms with Crippen LogP contribution < -0.4 is 11.1 Å². The number of hydrogen-bond donors (Lipinski definition) is 2. The number of nitrogens with two attached hydrogens (primary N) is 1. The van der Waals surface area contributed by atoms with Crippen molar-refractivity contribution < 1.29 is 9.63 Å². The first-order valence-corrected chi connectivity index (χ1v) is 5.32. The smallest absolute Gasteiger partial charge is 0.325 e. The lowest BCUT2D eigenvalue weighted by molar-refractivity contribution is 0.166. The summed E-state index contributed by atoms with van der Waals surface area (Å²) in [7, 11) is 0. The fourth-order valence-electron chi connectivity index (χ4n) is 1.29. The molecule has 1 aromatic carbocycles. The molecular formula is C12H17N3O2. The van der Waals surface area contributed by atoms with E-state index in [1.807, 2.05) is 32.0 Å². The molecule has 1 aromatic rings. The topological polar surface area (TPSA) is 76.7 Å². The maximum Gasteiger partial charge on any atom is 0.437 e. The Morgan fingerprint density at radius 3 is 2.53 bits per heavy atom. The summed E-state index contributed by atoms with van der Waals surface area (Å²) < 4.78 is 0. The zero-order valence-corrected chi connectivity index (χ0v) is 10.3. The largest absolute Gasteiger partial charge is 0.437 e. The minimum atomic E-state index is -0.616. The number of amides is 1. The zero-order chi connectivity index (χ0) is 12.8. The van der Waals surface area contributed by atoms with Gasteiger partial charge in [-0.25, -0.2) is 4.79 Å². The van der Waals surface area contributed by atoms with Gasteiger partial charge in [-0.15, -0.1) is 0 Å². The molecule has 0 radical (unpaired) electrons. The predicted molar refractivity (Wildman–Crippen MR) is 68.2 cm³/mol. The van der Waals surface area contributed by atoms with Crippen LogP contribution in [0.2, 0.25) is 0 Å². The van der Waals surface area contributed by atoms with E-state index in [0.29, 0.717) is 5.71 Å². The average molecular weight is 235 g/mol. The quantitative estimate of drug-likeness (QED) is 0.479. The van der Waals surface area contributed by atoms with Crippen molar-refractivity contribution in [3.63, 3.8) is 0 Å². The molecule has 5 heteroatoms. The molecule has 0 aliphatic heterocycles. The lowest BCUT2D eigenvalue weighted by Crippen LogP contribution is -2.16. The minimum Gasteiger partial charge on any atom is -0.325 e. The van der Waals surface area contributed by atoms with Crippen molar-refractivity contribution in [2.45, 2.75) is 20.8 Å². The van der Waals surface area contributed by atoms with Gasteiger partial charge in [0.1, 0.15) is 0 Å². The number of oxime groups is 1. The summed E-state index contributed by atoms with van der Waals surface area (Å²) in [6.07, 6.45) is -0.616. The average Bonchev–Trinajstić information content (AvgIpc) is 2.31. The van der Waals surface area contributed by atoms with Crippen LogP contribution in [0.1, 0.15) is 18.1 Å². The van der Waals surface area contributed by atoms with Crippen molar-refractivity contribution in [1.29, 1.82) is 0 Å². The highest BCUT2D eigenvalue weighted by atomic mass is 16.7. The molecule has 5 nitrogen and oxygen atoms in total. The van der Waals surface area contributed by atoms with E-state index in [1.165, 1.54) is 0 Å². The molecule has 0 spiro atoms. The van der Waals surface area contributed by atoms with Gasteiger partial charge in [-0.05, 0) is 31.9 Å². The summed E-state index contributed by atoms with van der Waals surface area (Å²) in [6, 6.07) is 5.76. The second kappa shape index (κ2) is 6.00. The summed E-state index contributed by atoms with van der Waals surface area (Å²) in [5.41, 5.74) is 8.57. The number of benzene rings is 1. The molecule has 3 N–H and O–H groups in total. The number of carbonyl (C=O) groups is 1. The van der Waals surface area contributed by atoms with Gasteiger partial charge in [0.05, 0.1) is 5.71 Å². The van der Waals surface area contributed by atoms with Crippen LogP contribution in [-0.2, 0) is 4.84 Å². The van der Waals surface area contributed by atoms with Crippen LogP contribution in [0.25, 0.3) is 0 Å². The molecule has 0 saturated heterocycles. The second-order valence-electron chi connectivity index (χ2n) is 3.80. The van der Waals surface area contributed by atoms with Crippen molar-refractivity contribution in [2.75, 3.05) is 11.9 Å². The van der Waals surface area contributed by atoms with Crippen molar-refractivity contribution in [2.24, 2.45) is 10.9 Å². The lowest BCUT2D eigenvalue weighted by Gasteiger charge is -2.09. The molecule has 0 aliphatic rings. The van der Waals surface area contributed by atoms with Gasteiger partial charge < -0.3 is 5.73 Å². The van der Waals surface area contributed by atoms with Crippen molar-refractivity contribution in [3.05, 3.63) is 29.3 Å². The molecule has 17 heavy (non-hydrogen) atoms. The van der Waals surface area contributed by atoms with Crippen LogP contribution in [0, 0.1) is 13.8 Å². The van der Waals surface area contributed by atoms with Gasteiger partial charge >= 0.3 is 6.09 Å². The van der Waals surface area contributed by atoms with Crippen LogP contribution in [0.15, 0.2) is 23.4 Å². The molecule has 1 amide bonds. The molecule has 92 valence electrons. The second-order valence-corrected chi connectivity index (χ2v) is 3.80. The molecule has 0 bridgehead atoms. The fraction of sp³-hybridized carbons (Fsp3) is 0.333. The first kappa shape index (κ1) is 13.2. The van der Waals surface area contributed by atoms with Gasteiger partial charge in [0.15, 0.2) is 0 Å². The normalized spacial score (nSPS) is 11.2. The number of nitrogens with one attached hydrogen (secondary N) is 1. The maximum atomic E-state index is 11.5. The van der Waals surface area contributed by atoms with Gasteiger partial charge in [-0.2, -0.15) is 0 Å². The Labute approximate surface area is 101 Å². The Morgan fingerprint density at radius 1 is 1.41 bits per heavy atom. The molecule has 0 atom stereocenters. The number of rotatable bonds is 3. The van der Waals surface area contributed by atoms with Crippen LogP contribution in [0.5, 0.6) is 0 Å². The third-order valence-corrected chi connectivity index (χ3v) is 2.29. The Hall–Kier alpha value is -1.88. The van der Waals surface area contributed by atoms with Gasteiger partial charge in [-0.3, -0.25) is 10.2 Å². The Balaban J connectivity index is 2.69. The van der Waals surface area contributed by atoms with E-state index >= 15 is 0 Å².